The molecule has 1 amide bonds. The molecule has 0 radical (unpaired) electrons. The Balaban J connectivity index is 1.82. The van der Waals surface area contributed by atoms with Gasteiger partial charge in [0.05, 0.1) is 18.3 Å². The molecule has 0 saturated carbocycles. The zero-order valence-corrected chi connectivity index (χ0v) is 19.7. The summed E-state index contributed by atoms with van der Waals surface area (Å²) in [4.78, 5) is 14.4. The Kier molecular flexibility index (Phi) is 6.18. The zero-order valence-electron chi connectivity index (χ0n) is 19.7. The van der Waals surface area contributed by atoms with Crippen molar-refractivity contribution in [3.05, 3.63) is 23.8 Å². The van der Waals surface area contributed by atoms with Crippen LogP contribution >= 0.6 is 0 Å². The number of hydrogen-bond donors (Lipinski definition) is 0. The molecule has 166 valence electrons. The maximum atomic E-state index is 12.6. The van der Waals surface area contributed by atoms with E-state index in [2.05, 4.69) is 12.1 Å². The highest BCUT2D eigenvalue weighted by atomic mass is 16.7. The van der Waals surface area contributed by atoms with Crippen LogP contribution in [0.2, 0.25) is 0 Å². The van der Waals surface area contributed by atoms with Gasteiger partial charge in [0.15, 0.2) is 0 Å². The lowest BCUT2D eigenvalue weighted by atomic mass is 9.76. The second-order valence-electron chi connectivity index (χ2n) is 10.4. The first-order chi connectivity index (χ1) is 13.8. The van der Waals surface area contributed by atoms with Crippen LogP contribution in [0.15, 0.2) is 18.2 Å². The highest BCUT2D eigenvalue weighted by Gasteiger charge is 2.52. The first kappa shape index (κ1) is 22.9. The molecule has 2 fully saturated rings. The van der Waals surface area contributed by atoms with Crippen molar-refractivity contribution in [1.82, 2.24) is 4.90 Å². The first-order valence-electron chi connectivity index (χ1n) is 10.8. The number of ether oxygens (including phenoxy) is 2. The van der Waals surface area contributed by atoms with Gasteiger partial charge in [0.2, 0.25) is 0 Å². The molecule has 2 aliphatic heterocycles. The van der Waals surface area contributed by atoms with Crippen LogP contribution in [0.1, 0.15) is 72.8 Å². The normalized spacial score (nSPS) is 23.4. The molecular formula is C23H36BNO5. The van der Waals surface area contributed by atoms with Crippen molar-refractivity contribution < 1.29 is 23.6 Å². The van der Waals surface area contributed by atoms with Crippen molar-refractivity contribution in [1.29, 1.82) is 0 Å². The van der Waals surface area contributed by atoms with Gasteiger partial charge in [0.1, 0.15) is 11.4 Å². The van der Waals surface area contributed by atoms with Crippen molar-refractivity contribution in [3.8, 4) is 5.75 Å². The van der Waals surface area contributed by atoms with E-state index in [-0.39, 0.29) is 12.0 Å². The highest BCUT2D eigenvalue weighted by Crippen LogP contribution is 2.38. The van der Waals surface area contributed by atoms with Gasteiger partial charge in [-0.25, -0.2) is 4.79 Å². The third-order valence-corrected chi connectivity index (χ3v) is 6.31. The molecule has 1 aromatic carbocycles. The molecule has 0 spiro atoms. The molecule has 0 aliphatic carbocycles. The molecule has 0 N–H and O–H groups in total. The summed E-state index contributed by atoms with van der Waals surface area (Å²) in [6.07, 6.45) is 1.72. The van der Waals surface area contributed by atoms with Crippen LogP contribution < -0.4 is 10.2 Å². The Morgan fingerprint density at radius 1 is 1.17 bits per heavy atom. The second kappa shape index (κ2) is 8.08. The predicted octanol–water partition coefficient (Wildman–Crippen LogP) is 4.11. The van der Waals surface area contributed by atoms with Gasteiger partial charge in [-0.1, -0.05) is 12.1 Å². The summed E-state index contributed by atoms with van der Waals surface area (Å²) in [6.45, 7) is 15.2. The summed E-state index contributed by atoms with van der Waals surface area (Å²) in [5.74, 6) is 0.982. The molecule has 3 rings (SSSR count). The van der Waals surface area contributed by atoms with E-state index >= 15 is 0 Å². The summed E-state index contributed by atoms with van der Waals surface area (Å²) in [7, 11) is 1.17. The molecule has 1 atom stereocenters. The van der Waals surface area contributed by atoms with Crippen molar-refractivity contribution in [2.75, 3.05) is 20.2 Å². The Hall–Kier alpha value is -1.73. The lowest BCUT2D eigenvalue weighted by molar-refractivity contribution is 0.00578. The third kappa shape index (κ3) is 4.78. The molecule has 0 aromatic heterocycles. The van der Waals surface area contributed by atoms with E-state index < -0.39 is 23.9 Å². The average molecular weight is 417 g/mol. The molecule has 0 bridgehead atoms. The fourth-order valence-corrected chi connectivity index (χ4v) is 3.90. The minimum absolute atomic E-state index is 0.235. The molecule has 30 heavy (non-hydrogen) atoms. The van der Waals surface area contributed by atoms with Crippen LogP contribution in [-0.2, 0) is 14.0 Å². The number of hydrogen-bond acceptors (Lipinski definition) is 5. The van der Waals surface area contributed by atoms with Crippen LogP contribution in [0.3, 0.4) is 0 Å². The average Bonchev–Trinajstić information content (AvgIpc) is 2.87. The maximum absolute atomic E-state index is 12.6. The van der Waals surface area contributed by atoms with Crippen molar-refractivity contribution in [3.63, 3.8) is 0 Å². The Morgan fingerprint density at radius 2 is 1.80 bits per heavy atom. The summed E-state index contributed by atoms with van der Waals surface area (Å²) in [5.41, 5.74) is 0.721. The van der Waals surface area contributed by atoms with Gasteiger partial charge >= 0.3 is 13.2 Å². The number of benzene rings is 1. The Morgan fingerprint density at radius 3 is 2.37 bits per heavy atom. The van der Waals surface area contributed by atoms with Crippen molar-refractivity contribution in [2.45, 2.75) is 84.0 Å². The zero-order chi connectivity index (χ0) is 22.3. The van der Waals surface area contributed by atoms with E-state index in [1.807, 2.05) is 59.4 Å². The minimum atomic E-state index is -0.492. The monoisotopic (exact) mass is 417 g/mol. The lowest BCUT2D eigenvalue weighted by Crippen LogP contribution is -2.42. The summed E-state index contributed by atoms with van der Waals surface area (Å²) in [5, 5.41) is 0. The SMILES string of the molecule is COc1ccc(C2CCCN(C(=O)OC(C)(C)C)C2)cc1B1OC(C)(C)C(C)(C)O1. The van der Waals surface area contributed by atoms with Crippen molar-refractivity contribution >= 4 is 18.7 Å². The van der Waals surface area contributed by atoms with Crippen molar-refractivity contribution in [2.24, 2.45) is 0 Å². The smallest absolute Gasteiger partial charge is 0.497 e. The molecular weight excluding hydrogens is 381 g/mol. The minimum Gasteiger partial charge on any atom is -0.497 e. The Labute approximate surface area is 181 Å². The van der Waals surface area contributed by atoms with E-state index in [9.17, 15) is 4.79 Å². The van der Waals surface area contributed by atoms with Gasteiger partial charge in [0, 0.05) is 24.5 Å². The van der Waals surface area contributed by atoms with Gasteiger partial charge in [-0.2, -0.15) is 0 Å². The van der Waals surface area contributed by atoms with Gasteiger partial charge in [-0.05, 0) is 72.9 Å². The quantitative estimate of drug-likeness (QED) is 0.693. The number of amides is 1. The molecule has 1 unspecified atom stereocenters. The van der Waals surface area contributed by atoms with Crippen LogP contribution in [0.5, 0.6) is 5.75 Å². The topological polar surface area (TPSA) is 57.2 Å². The summed E-state index contributed by atoms with van der Waals surface area (Å²) in [6, 6.07) is 6.17. The molecule has 2 heterocycles. The predicted molar refractivity (Wildman–Crippen MR) is 118 cm³/mol. The number of carbonyl (C=O) groups is 1. The number of piperidine rings is 1. The summed E-state index contributed by atoms with van der Waals surface area (Å²) < 4.78 is 23.7. The van der Waals surface area contributed by atoms with Gasteiger partial charge in [-0.15, -0.1) is 0 Å². The van der Waals surface area contributed by atoms with E-state index in [0.29, 0.717) is 6.54 Å². The number of rotatable bonds is 3. The standard InChI is InChI=1S/C23H36BNO5/c1-21(2,3)28-20(26)25-13-9-10-17(15-25)16-11-12-19(27-8)18(14-16)24-29-22(4,5)23(6,7)30-24/h11-12,14,17H,9-10,13,15H2,1-8H3. The Bertz CT molecular complexity index is 770. The fourth-order valence-electron chi connectivity index (χ4n) is 3.90. The second-order valence-corrected chi connectivity index (χ2v) is 10.4. The fraction of sp³-hybridized carbons (Fsp3) is 0.696. The van der Waals surface area contributed by atoms with Crippen LogP contribution in [-0.4, -0.2) is 55.1 Å². The number of nitrogens with zero attached hydrogens (tertiary/aromatic N) is 1. The molecule has 1 aromatic rings. The number of likely N-dealkylation sites (tertiary alicyclic amines) is 1. The summed E-state index contributed by atoms with van der Waals surface area (Å²) >= 11 is 0. The lowest BCUT2D eigenvalue weighted by Gasteiger charge is -2.34. The molecule has 2 saturated heterocycles. The van der Waals surface area contributed by atoms with E-state index in [0.717, 1.165) is 36.2 Å². The van der Waals surface area contributed by atoms with Gasteiger partial charge in [0.25, 0.3) is 0 Å². The molecule has 7 heteroatoms. The van der Waals surface area contributed by atoms with Crippen LogP contribution in [0.25, 0.3) is 0 Å². The first-order valence-corrected chi connectivity index (χ1v) is 10.8. The van der Waals surface area contributed by atoms with Crippen LogP contribution in [0.4, 0.5) is 4.79 Å². The molecule has 6 nitrogen and oxygen atoms in total. The molecule has 2 aliphatic rings. The maximum Gasteiger partial charge on any atom is 0.498 e. The van der Waals surface area contributed by atoms with Gasteiger partial charge < -0.3 is 23.7 Å². The van der Waals surface area contributed by atoms with E-state index in [1.54, 1.807) is 7.11 Å². The van der Waals surface area contributed by atoms with E-state index in [4.69, 9.17) is 18.8 Å². The number of methoxy groups -OCH3 is 1. The number of carbonyl (C=O) groups excluding carboxylic acids is 1. The highest BCUT2D eigenvalue weighted by molar-refractivity contribution is 6.63. The van der Waals surface area contributed by atoms with Gasteiger partial charge in [-0.3, -0.25) is 0 Å². The van der Waals surface area contributed by atoms with E-state index in [1.165, 1.54) is 0 Å². The largest absolute Gasteiger partial charge is 0.498 e. The van der Waals surface area contributed by atoms with Crippen LogP contribution in [0, 0.1) is 0 Å². The third-order valence-electron chi connectivity index (χ3n) is 6.31.